The minimum absolute atomic E-state index is 0.256. The number of likely N-dealkylation sites (tertiary alicyclic amines) is 1. The summed E-state index contributed by atoms with van der Waals surface area (Å²) in [4.78, 5) is 2.52. The first-order chi connectivity index (χ1) is 10.5. The van der Waals surface area contributed by atoms with Gasteiger partial charge in [-0.15, -0.1) is 5.10 Å². The Bertz CT molecular complexity index is 722. The largest absolute Gasteiger partial charge is 0.409 e. The summed E-state index contributed by atoms with van der Waals surface area (Å²) in [5.41, 5.74) is 3.38. The molecule has 0 saturated carbocycles. The predicted octanol–water partition coefficient (Wildman–Crippen LogP) is 2.90. The average molecular weight is 319 g/mol. The van der Waals surface area contributed by atoms with Crippen molar-refractivity contribution in [2.45, 2.75) is 39.5 Å². The summed E-state index contributed by atoms with van der Waals surface area (Å²) >= 11 is 5.27. The van der Waals surface area contributed by atoms with E-state index in [2.05, 4.69) is 36.0 Å². The SMILES string of the molecule is Cc1ccc(-c2nn(CN3CCC[C@H](O)C3)c(=S)o2)cc1C. The van der Waals surface area contributed by atoms with E-state index in [0.717, 1.165) is 24.9 Å². The Labute approximate surface area is 135 Å². The van der Waals surface area contributed by atoms with Crippen molar-refractivity contribution >= 4 is 12.2 Å². The van der Waals surface area contributed by atoms with Gasteiger partial charge in [0.1, 0.15) is 0 Å². The number of aliphatic hydroxyl groups is 1. The molecule has 0 spiro atoms. The Morgan fingerprint density at radius 1 is 1.36 bits per heavy atom. The number of rotatable bonds is 3. The number of aromatic nitrogens is 2. The van der Waals surface area contributed by atoms with E-state index in [9.17, 15) is 5.11 Å². The van der Waals surface area contributed by atoms with E-state index in [0.29, 0.717) is 23.9 Å². The topological polar surface area (TPSA) is 54.4 Å². The number of aryl methyl sites for hydroxylation is 2. The Hall–Kier alpha value is -1.50. The van der Waals surface area contributed by atoms with Crippen LogP contribution in [0.3, 0.4) is 0 Å². The molecular weight excluding hydrogens is 298 g/mol. The van der Waals surface area contributed by atoms with Crippen molar-refractivity contribution in [2.24, 2.45) is 0 Å². The second-order valence-electron chi connectivity index (χ2n) is 5.99. The minimum Gasteiger partial charge on any atom is -0.409 e. The van der Waals surface area contributed by atoms with Gasteiger partial charge in [0, 0.05) is 18.7 Å². The number of aliphatic hydroxyl groups excluding tert-OH is 1. The minimum atomic E-state index is -0.256. The zero-order valence-corrected chi connectivity index (χ0v) is 13.8. The van der Waals surface area contributed by atoms with Crippen molar-refractivity contribution in [2.75, 3.05) is 13.1 Å². The first kappa shape index (κ1) is 15.4. The van der Waals surface area contributed by atoms with Gasteiger partial charge in [-0.2, -0.15) is 0 Å². The zero-order valence-electron chi connectivity index (χ0n) is 13.0. The molecule has 1 aromatic heterocycles. The van der Waals surface area contributed by atoms with Gasteiger partial charge >= 0.3 is 0 Å². The molecule has 118 valence electrons. The van der Waals surface area contributed by atoms with E-state index >= 15 is 0 Å². The van der Waals surface area contributed by atoms with Gasteiger partial charge in [-0.1, -0.05) is 6.07 Å². The van der Waals surface area contributed by atoms with Crippen LogP contribution in [-0.4, -0.2) is 39.0 Å². The number of hydrogen-bond donors (Lipinski definition) is 1. The molecule has 3 rings (SSSR count). The lowest BCUT2D eigenvalue weighted by atomic mass is 10.1. The molecule has 2 heterocycles. The molecule has 0 aliphatic carbocycles. The highest BCUT2D eigenvalue weighted by molar-refractivity contribution is 7.71. The summed E-state index contributed by atoms with van der Waals surface area (Å²) in [7, 11) is 0. The highest BCUT2D eigenvalue weighted by atomic mass is 32.1. The van der Waals surface area contributed by atoms with Crippen LogP contribution < -0.4 is 0 Å². The monoisotopic (exact) mass is 319 g/mol. The molecule has 1 N–H and O–H groups in total. The smallest absolute Gasteiger partial charge is 0.288 e. The van der Waals surface area contributed by atoms with Crippen LogP contribution in [0.25, 0.3) is 11.5 Å². The van der Waals surface area contributed by atoms with E-state index < -0.39 is 0 Å². The first-order valence-corrected chi connectivity index (χ1v) is 8.00. The van der Waals surface area contributed by atoms with Crippen LogP contribution in [0.1, 0.15) is 24.0 Å². The maximum absolute atomic E-state index is 9.75. The molecule has 1 aliphatic heterocycles. The first-order valence-electron chi connectivity index (χ1n) is 7.59. The van der Waals surface area contributed by atoms with Crippen molar-refractivity contribution in [3.63, 3.8) is 0 Å². The summed E-state index contributed by atoms with van der Waals surface area (Å²) in [5, 5.41) is 14.2. The van der Waals surface area contributed by atoms with Crippen molar-refractivity contribution in [3.8, 4) is 11.5 Å². The Kier molecular flexibility index (Phi) is 4.42. The molecule has 0 bridgehead atoms. The third kappa shape index (κ3) is 3.29. The number of benzene rings is 1. The van der Waals surface area contributed by atoms with Crippen LogP contribution in [0.5, 0.6) is 0 Å². The van der Waals surface area contributed by atoms with Crippen LogP contribution in [0.4, 0.5) is 0 Å². The summed E-state index contributed by atoms with van der Waals surface area (Å²) in [6.07, 6.45) is 1.61. The second kappa shape index (κ2) is 6.32. The van der Waals surface area contributed by atoms with E-state index in [1.54, 1.807) is 4.68 Å². The molecule has 0 unspecified atom stereocenters. The van der Waals surface area contributed by atoms with Gasteiger partial charge in [-0.25, -0.2) is 4.68 Å². The molecule has 1 aliphatic rings. The Balaban J connectivity index is 1.81. The number of hydrogen-bond acceptors (Lipinski definition) is 5. The fourth-order valence-corrected chi connectivity index (χ4v) is 2.91. The molecule has 5 nitrogen and oxygen atoms in total. The quantitative estimate of drug-likeness (QED) is 0.882. The Morgan fingerprint density at radius 2 is 2.18 bits per heavy atom. The molecule has 0 radical (unpaired) electrons. The van der Waals surface area contributed by atoms with E-state index in [1.807, 2.05) is 6.07 Å². The highest BCUT2D eigenvalue weighted by Crippen LogP contribution is 2.21. The van der Waals surface area contributed by atoms with Crippen molar-refractivity contribution in [1.29, 1.82) is 0 Å². The van der Waals surface area contributed by atoms with Crippen molar-refractivity contribution in [3.05, 3.63) is 34.2 Å². The van der Waals surface area contributed by atoms with E-state index in [1.165, 1.54) is 11.1 Å². The summed E-state index contributed by atoms with van der Waals surface area (Å²) < 4.78 is 7.33. The van der Waals surface area contributed by atoms with Crippen LogP contribution in [0, 0.1) is 18.7 Å². The van der Waals surface area contributed by atoms with Crippen LogP contribution in [0.15, 0.2) is 22.6 Å². The third-order valence-electron chi connectivity index (χ3n) is 4.17. The Morgan fingerprint density at radius 3 is 2.91 bits per heavy atom. The molecule has 1 saturated heterocycles. The summed E-state index contributed by atoms with van der Waals surface area (Å²) in [6.45, 7) is 6.32. The van der Waals surface area contributed by atoms with Crippen molar-refractivity contribution in [1.82, 2.24) is 14.7 Å². The van der Waals surface area contributed by atoms with Gasteiger partial charge in [0.05, 0.1) is 12.8 Å². The van der Waals surface area contributed by atoms with Gasteiger partial charge < -0.3 is 9.52 Å². The van der Waals surface area contributed by atoms with Gasteiger partial charge in [0.15, 0.2) is 0 Å². The molecule has 2 aromatic rings. The van der Waals surface area contributed by atoms with E-state index in [-0.39, 0.29) is 6.10 Å². The molecule has 6 heteroatoms. The predicted molar refractivity (Wildman–Crippen MR) is 87.1 cm³/mol. The fourth-order valence-electron chi connectivity index (χ4n) is 2.74. The van der Waals surface area contributed by atoms with Crippen LogP contribution >= 0.6 is 12.2 Å². The third-order valence-corrected chi connectivity index (χ3v) is 4.47. The van der Waals surface area contributed by atoms with Gasteiger partial charge in [0.2, 0.25) is 5.89 Å². The fraction of sp³-hybridized carbons (Fsp3) is 0.500. The maximum atomic E-state index is 9.75. The highest BCUT2D eigenvalue weighted by Gasteiger charge is 2.19. The van der Waals surface area contributed by atoms with Gasteiger partial charge in [-0.3, -0.25) is 4.90 Å². The second-order valence-corrected chi connectivity index (χ2v) is 6.34. The standard InChI is InChI=1S/C16H21N3O2S/c1-11-5-6-13(8-12(11)2)15-17-19(16(22)21-15)10-18-7-3-4-14(20)9-18/h5-6,8,14,20H,3-4,7,9-10H2,1-2H3/t14-/m0/s1. The number of piperidine rings is 1. The molecule has 1 atom stereocenters. The lowest BCUT2D eigenvalue weighted by Gasteiger charge is -2.29. The zero-order chi connectivity index (χ0) is 15.7. The van der Waals surface area contributed by atoms with Crippen molar-refractivity contribution < 1.29 is 9.52 Å². The lowest BCUT2D eigenvalue weighted by molar-refractivity contribution is 0.0509. The summed E-state index contributed by atoms with van der Waals surface area (Å²) in [5.74, 6) is 0.547. The maximum Gasteiger partial charge on any atom is 0.288 e. The van der Waals surface area contributed by atoms with E-state index in [4.69, 9.17) is 16.6 Å². The molecule has 0 amide bonds. The van der Waals surface area contributed by atoms with Gasteiger partial charge in [-0.05, 0) is 62.2 Å². The molecule has 1 fully saturated rings. The average Bonchev–Trinajstić information content (AvgIpc) is 2.83. The normalized spacial score (nSPS) is 19.5. The number of nitrogens with zero attached hydrogens (tertiary/aromatic N) is 3. The summed E-state index contributed by atoms with van der Waals surface area (Å²) in [6, 6.07) is 6.12. The number of β-amino-alcohol motifs (C(OH)–C–C–N with tert-alkyl or cyclic N) is 1. The molecule has 22 heavy (non-hydrogen) atoms. The molecule has 1 aromatic carbocycles. The van der Waals surface area contributed by atoms with Crippen LogP contribution in [0.2, 0.25) is 0 Å². The van der Waals surface area contributed by atoms with Gasteiger partial charge in [0.25, 0.3) is 4.84 Å². The molecular formula is C16H21N3O2S. The lowest BCUT2D eigenvalue weighted by Crippen LogP contribution is -2.39. The van der Waals surface area contributed by atoms with Crippen LogP contribution in [-0.2, 0) is 6.67 Å².